The monoisotopic (exact) mass is 278 g/mol. The van der Waals surface area contributed by atoms with Crippen molar-refractivity contribution in [1.29, 1.82) is 0 Å². The van der Waals surface area contributed by atoms with Gasteiger partial charge in [0, 0.05) is 10.6 Å². The quantitative estimate of drug-likeness (QED) is 0.792. The number of nitrogens with zero attached hydrogens (tertiary/aromatic N) is 2. The Balaban J connectivity index is 2.07. The number of hydrogen-bond donors (Lipinski definition) is 0. The Morgan fingerprint density at radius 2 is 2.16 bits per heavy atom. The fourth-order valence-corrected chi connectivity index (χ4v) is 3.87. The van der Waals surface area contributed by atoms with Crippen molar-refractivity contribution < 1.29 is 9.53 Å². The average molecular weight is 278 g/mol. The van der Waals surface area contributed by atoms with Gasteiger partial charge in [0.05, 0.1) is 12.8 Å². The molecular weight excluding hydrogens is 260 g/mol. The zero-order valence-electron chi connectivity index (χ0n) is 11.1. The van der Waals surface area contributed by atoms with Crippen molar-refractivity contribution >= 4 is 22.3 Å². The largest absolute Gasteiger partial charge is 0.461 e. The number of ether oxygens (including phenoxy) is 1. The first kappa shape index (κ1) is 12.7. The minimum atomic E-state index is -0.266. The van der Waals surface area contributed by atoms with Crippen molar-refractivity contribution in [3.8, 4) is 0 Å². The van der Waals surface area contributed by atoms with Crippen molar-refractivity contribution in [2.24, 2.45) is 0 Å². The van der Waals surface area contributed by atoms with Crippen LogP contribution in [-0.4, -0.2) is 22.0 Å². The first-order valence-electron chi connectivity index (χ1n) is 6.96. The van der Waals surface area contributed by atoms with Gasteiger partial charge in [-0.05, 0) is 32.6 Å². The van der Waals surface area contributed by atoms with Crippen LogP contribution in [-0.2, 0) is 17.6 Å². The summed E-state index contributed by atoms with van der Waals surface area (Å²) in [7, 11) is 0. The van der Waals surface area contributed by atoms with E-state index in [1.165, 1.54) is 36.3 Å². The molecule has 0 spiro atoms. The van der Waals surface area contributed by atoms with Crippen molar-refractivity contribution in [3.63, 3.8) is 0 Å². The number of carbonyl (C=O) groups is 1. The van der Waals surface area contributed by atoms with Crippen LogP contribution in [0.3, 0.4) is 0 Å². The van der Waals surface area contributed by atoms with Crippen LogP contribution in [0, 0.1) is 0 Å². The third-order valence-electron chi connectivity index (χ3n) is 3.59. The summed E-state index contributed by atoms with van der Waals surface area (Å²) in [5.74, 6) is -0.266. The smallest absolute Gasteiger partial charge is 0.357 e. The Morgan fingerprint density at radius 3 is 2.95 bits per heavy atom. The van der Waals surface area contributed by atoms with Crippen LogP contribution in [0.15, 0.2) is 6.20 Å². The Labute approximate surface area is 116 Å². The van der Waals surface area contributed by atoms with Crippen molar-refractivity contribution in [2.75, 3.05) is 6.61 Å². The highest BCUT2D eigenvalue weighted by Crippen LogP contribution is 2.29. The SMILES string of the molecule is CCOC(=O)c1cnc2sc3c(n12)CCCCCC3. The number of fused-ring (bicyclic) bond motifs is 3. The maximum absolute atomic E-state index is 12.0. The second-order valence-electron chi connectivity index (χ2n) is 4.87. The normalized spacial score (nSPS) is 15.8. The van der Waals surface area contributed by atoms with E-state index in [0.29, 0.717) is 12.3 Å². The van der Waals surface area contributed by atoms with E-state index in [4.69, 9.17) is 4.74 Å². The number of aromatic nitrogens is 2. The fourth-order valence-electron chi connectivity index (χ4n) is 2.69. The summed E-state index contributed by atoms with van der Waals surface area (Å²) in [5.41, 5.74) is 1.86. The van der Waals surface area contributed by atoms with E-state index in [1.807, 2.05) is 11.3 Å². The molecule has 0 aliphatic heterocycles. The number of esters is 1. The van der Waals surface area contributed by atoms with Crippen LogP contribution in [0.25, 0.3) is 4.96 Å². The molecule has 0 radical (unpaired) electrons. The topological polar surface area (TPSA) is 43.6 Å². The molecule has 1 aliphatic carbocycles. The Bertz CT molecular complexity index is 600. The molecule has 0 unspecified atom stereocenters. The van der Waals surface area contributed by atoms with E-state index in [1.54, 1.807) is 17.5 Å². The molecule has 0 bridgehead atoms. The zero-order chi connectivity index (χ0) is 13.2. The first-order chi connectivity index (χ1) is 9.31. The molecule has 2 heterocycles. The summed E-state index contributed by atoms with van der Waals surface area (Å²) in [6, 6.07) is 0. The van der Waals surface area contributed by atoms with Crippen molar-refractivity contribution in [1.82, 2.24) is 9.38 Å². The summed E-state index contributed by atoms with van der Waals surface area (Å²) >= 11 is 1.72. The van der Waals surface area contributed by atoms with Crippen LogP contribution in [0.4, 0.5) is 0 Å². The molecule has 3 rings (SSSR count). The molecule has 2 aromatic rings. The molecule has 0 fully saturated rings. The van der Waals surface area contributed by atoms with E-state index in [0.717, 1.165) is 17.8 Å². The summed E-state index contributed by atoms with van der Waals surface area (Å²) in [6.07, 6.45) is 8.82. The average Bonchev–Trinajstić information content (AvgIpc) is 2.89. The third-order valence-corrected chi connectivity index (χ3v) is 4.74. The minimum absolute atomic E-state index is 0.266. The van der Waals surface area contributed by atoms with Crippen LogP contribution in [0.1, 0.15) is 53.7 Å². The van der Waals surface area contributed by atoms with E-state index in [-0.39, 0.29) is 5.97 Å². The predicted octanol–water partition coefficient (Wildman–Crippen LogP) is 3.23. The van der Waals surface area contributed by atoms with Gasteiger partial charge in [-0.3, -0.25) is 4.40 Å². The molecule has 102 valence electrons. The van der Waals surface area contributed by atoms with Gasteiger partial charge in [-0.25, -0.2) is 9.78 Å². The van der Waals surface area contributed by atoms with Crippen LogP contribution in [0.2, 0.25) is 0 Å². The Morgan fingerprint density at radius 1 is 1.37 bits per heavy atom. The highest BCUT2D eigenvalue weighted by Gasteiger charge is 2.21. The molecule has 0 aromatic carbocycles. The lowest BCUT2D eigenvalue weighted by atomic mass is 10.0. The van der Waals surface area contributed by atoms with Gasteiger partial charge in [-0.2, -0.15) is 0 Å². The fraction of sp³-hybridized carbons (Fsp3) is 0.571. The zero-order valence-corrected chi connectivity index (χ0v) is 12.0. The van der Waals surface area contributed by atoms with Crippen molar-refractivity contribution in [3.05, 3.63) is 22.5 Å². The van der Waals surface area contributed by atoms with Gasteiger partial charge in [-0.15, -0.1) is 11.3 Å². The first-order valence-corrected chi connectivity index (χ1v) is 7.78. The standard InChI is InChI=1S/C14H18N2O2S/c1-2-18-13(17)11-9-15-14-16(11)10-7-5-3-4-6-8-12(10)19-14/h9H,2-8H2,1H3. The lowest BCUT2D eigenvalue weighted by molar-refractivity contribution is 0.0518. The molecule has 0 atom stereocenters. The Kier molecular flexibility index (Phi) is 3.55. The summed E-state index contributed by atoms with van der Waals surface area (Å²) in [6.45, 7) is 2.23. The predicted molar refractivity (Wildman–Crippen MR) is 74.9 cm³/mol. The van der Waals surface area contributed by atoms with Gasteiger partial charge in [0.15, 0.2) is 10.7 Å². The lowest BCUT2D eigenvalue weighted by Gasteiger charge is -2.10. The number of rotatable bonds is 2. The molecule has 1 aliphatic rings. The second kappa shape index (κ2) is 5.33. The maximum atomic E-state index is 12.0. The summed E-state index contributed by atoms with van der Waals surface area (Å²) < 4.78 is 7.13. The highest BCUT2D eigenvalue weighted by molar-refractivity contribution is 7.17. The van der Waals surface area contributed by atoms with Gasteiger partial charge >= 0.3 is 5.97 Å². The van der Waals surface area contributed by atoms with Gasteiger partial charge in [0.25, 0.3) is 0 Å². The molecule has 0 saturated carbocycles. The number of imidazole rings is 1. The minimum Gasteiger partial charge on any atom is -0.461 e. The molecule has 19 heavy (non-hydrogen) atoms. The maximum Gasteiger partial charge on any atom is 0.357 e. The third kappa shape index (κ3) is 2.27. The summed E-state index contributed by atoms with van der Waals surface area (Å²) in [4.78, 5) is 18.7. The van der Waals surface area contributed by atoms with E-state index >= 15 is 0 Å². The van der Waals surface area contributed by atoms with Gasteiger partial charge in [0.1, 0.15) is 0 Å². The van der Waals surface area contributed by atoms with Gasteiger partial charge < -0.3 is 4.74 Å². The lowest BCUT2D eigenvalue weighted by Crippen LogP contribution is -2.10. The summed E-state index contributed by atoms with van der Waals surface area (Å²) in [5, 5.41) is 0. The van der Waals surface area contributed by atoms with Crippen molar-refractivity contribution in [2.45, 2.75) is 45.4 Å². The molecule has 0 N–H and O–H groups in total. The number of thiazole rings is 1. The second-order valence-corrected chi connectivity index (χ2v) is 5.93. The van der Waals surface area contributed by atoms with E-state index in [2.05, 4.69) is 4.98 Å². The Hall–Kier alpha value is -1.36. The molecular formula is C14H18N2O2S. The number of carbonyl (C=O) groups excluding carboxylic acids is 1. The number of hydrogen-bond acceptors (Lipinski definition) is 4. The molecule has 0 amide bonds. The van der Waals surface area contributed by atoms with Gasteiger partial charge in [0.2, 0.25) is 0 Å². The van der Waals surface area contributed by atoms with Gasteiger partial charge in [-0.1, -0.05) is 12.8 Å². The van der Waals surface area contributed by atoms with E-state index < -0.39 is 0 Å². The molecule has 5 heteroatoms. The molecule has 4 nitrogen and oxygen atoms in total. The van der Waals surface area contributed by atoms with Crippen LogP contribution >= 0.6 is 11.3 Å². The van der Waals surface area contributed by atoms with Crippen LogP contribution in [0.5, 0.6) is 0 Å². The van der Waals surface area contributed by atoms with Crippen LogP contribution < -0.4 is 0 Å². The highest BCUT2D eigenvalue weighted by atomic mass is 32.1. The number of aryl methyl sites for hydroxylation is 2. The van der Waals surface area contributed by atoms with E-state index in [9.17, 15) is 4.79 Å². The molecule has 0 saturated heterocycles. The molecule has 2 aromatic heterocycles.